The molecule has 7 nitrogen and oxygen atoms in total. The van der Waals surface area contributed by atoms with Gasteiger partial charge < -0.3 is 14.2 Å². The maximum Gasteiger partial charge on any atom is 0.338 e. The molecule has 0 N–H and O–H groups in total. The summed E-state index contributed by atoms with van der Waals surface area (Å²) in [6.07, 6.45) is 1.79. The minimum absolute atomic E-state index is 0.0555. The van der Waals surface area contributed by atoms with E-state index in [9.17, 15) is 9.59 Å². The Balaban J connectivity index is 1.82. The van der Waals surface area contributed by atoms with E-state index in [0.29, 0.717) is 37.1 Å². The summed E-state index contributed by atoms with van der Waals surface area (Å²) in [5.41, 5.74) is 1.75. The molecule has 0 unspecified atom stereocenters. The van der Waals surface area contributed by atoms with Crippen molar-refractivity contribution in [3.05, 3.63) is 102 Å². The number of rotatable bonds is 6. The summed E-state index contributed by atoms with van der Waals surface area (Å²) in [5, 5.41) is 2.43. The summed E-state index contributed by atoms with van der Waals surface area (Å²) in [6, 6.07) is 16.1. The second kappa shape index (κ2) is 10.7. The average Bonchev–Trinajstić information content (AvgIpc) is 3.22. The van der Waals surface area contributed by atoms with E-state index in [1.165, 1.54) is 30.1 Å². The lowest BCUT2D eigenvalue weighted by molar-refractivity contribution is -0.136. The van der Waals surface area contributed by atoms with E-state index in [-0.39, 0.29) is 17.2 Å². The molecule has 1 atom stereocenters. The number of benzene rings is 3. The van der Waals surface area contributed by atoms with E-state index >= 15 is 0 Å². The maximum absolute atomic E-state index is 14.1. The lowest BCUT2D eigenvalue weighted by Gasteiger charge is -2.25. The zero-order valence-corrected chi connectivity index (χ0v) is 23.7. The predicted molar refractivity (Wildman–Crippen MR) is 153 cm³/mol. The molecule has 1 aliphatic heterocycles. The minimum atomic E-state index is -0.844. The Hall–Kier alpha value is -3.88. The second-order valence-electron chi connectivity index (χ2n) is 9.32. The van der Waals surface area contributed by atoms with Crippen LogP contribution in [0.25, 0.3) is 16.8 Å². The fourth-order valence-electron chi connectivity index (χ4n) is 4.82. The molecule has 4 aromatic rings. The van der Waals surface area contributed by atoms with Gasteiger partial charge in [-0.1, -0.05) is 53.3 Å². The SMILES string of the molecule is COC(=O)C1=C(C)N=c2s/c(=C\c3c(OC(C)C)ccc4ccccc34)c(=O)n2[C@H]1c1cc(Cl)ccc1OC. The number of allylic oxidation sites excluding steroid dienone is 1. The normalized spacial score (nSPS) is 15.4. The number of carbonyl (C=O) groups is 1. The van der Waals surface area contributed by atoms with Crippen LogP contribution in [0.3, 0.4) is 0 Å². The first-order chi connectivity index (χ1) is 18.7. The Morgan fingerprint density at radius 2 is 1.85 bits per heavy atom. The van der Waals surface area contributed by atoms with Crippen molar-refractivity contribution >= 4 is 45.8 Å². The first-order valence-electron chi connectivity index (χ1n) is 12.4. The van der Waals surface area contributed by atoms with Crippen molar-refractivity contribution in [3.63, 3.8) is 0 Å². The van der Waals surface area contributed by atoms with E-state index in [1.807, 2.05) is 56.3 Å². The fourth-order valence-corrected chi connectivity index (χ4v) is 6.03. The van der Waals surface area contributed by atoms with Crippen LogP contribution in [0.4, 0.5) is 0 Å². The first-order valence-corrected chi connectivity index (χ1v) is 13.6. The molecule has 0 spiro atoms. The van der Waals surface area contributed by atoms with Gasteiger partial charge in [0.1, 0.15) is 17.5 Å². The fraction of sp³-hybridized carbons (Fsp3) is 0.233. The topological polar surface area (TPSA) is 79.1 Å². The van der Waals surface area contributed by atoms with Crippen LogP contribution in [0.1, 0.15) is 37.9 Å². The maximum atomic E-state index is 14.1. The molecule has 200 valence electrons. The summed E-state index contributed by atoms with van der Waals surface area (Å²) in [4.78, 5) is 32.2. The monoisotopic (exact) mass is 562 g/mol. The summed E-state index contributed by atoms with van der Waals surface area (Å²) in [6.45, 7) is 5.65. The van der Waals surface area contributed by atoms with Crippen LogP contribution in [-0.4, -0.2) is 30.9 Å². The highest BCUT2D eigenvalue weighted by molar-refractivity contribution is 7.07. The summed E-state index contributed by atoms with van der Waals surface area (Å²) < 4.78 is 18.8. The van der Waals surface area contributed by atoms with Gasteiger partial charge in [-0.25, -0.2) is 9.79 Å². The molecular weight excluding hydrogens is 536 g/mol. The van der Waals surface area contributed by atoms with Gasteiger partial charge in [0.05, 0.1) is 36.1 Å². The molecule has 0 saturated carbocycles. The lowest BCUT2D eigenvalue weighted by atomic mass is 9.95. The lowest BCUT2D eigenvalue weighted by Crippen LogP contribution is -2.40. The van der Waals surface area contributed by atoms with Crippen LogP contribution in [0, 0.1) is 0 Å². The third-order valence-electron chi connectivity index (χ3n) is 6.48. The van der Waals surface area contributed by atoms with Crippen molar-refractivity contribution in [3.8, 4) is 11.5 Å². The summed E-state index contributed by atoms with van der Waals surface area (Å²) >= 11 is 7.61. The summed E-state index contributed by atoms with van der Waals surface area (Å²) in [5.74, 6) is 0.574. The largest absolute Gasteiger partial charge is 0.496 e. The number of ether oxygens (including phenoxy) is 3. The quantitative estimate of drug-likeness (QED) is 0.309. The highest BCUT2D eigenvalue weighted by atomic mass is 35.5. The molecule has 9 heteroatoms. The smallest absolute Gasteiger partial charge is 0.338 e. The molecule has 3 aromatic carbocycles. The van der Waals surface area contributed by atoms with Crippen molar-refractivity contribution in [2.24, 2.45) is 4.99 Å². The number of nitrogens with zero attached hydrogens (tertiary/aromatic N) is 2. The molecule has 39 heavy (non-hydrogen) atoms. The van der Waals surface area contributed by atoms with Gasteiger partial charge >= 0.3 is 5.97 Å². The van der Waals surface area contributed by atoms with Crippen molar-refractivity contribution < 1.29 is 19.0 Å². The number of aromatic nitrogens is 1. The highest BCUT2D eigenvalue weighted by Crippen LogP contribution is 2.37. The van der Waals surface area contributed by atoms with E-state index in [4.69, 9.17) is 25.8 Å². The number of thiazole rings is 1. The first kappa shape index (κ1) is 26.7. The predicted octanol–water partition coefficient (Wildman–Crippen LogP) is 5.01. The Kier molecular flexibility index (Phi) is 7.34. The molecule has 0 saturated heterocycles. The van der Waals surface area contributed by atoms with Crippen molar-refractivity contribution in [1.82, 2.24) is 4.57 Å². The van der Waals surface area contributed by atoms with Crippen LogP contribution in [-0.2, 0) is 9.53 Å². The molecule has 0 bridgehead atoms. The molecule has 0 fully saturated rings. The Labute approximate surface area is 234 Å². The van der Waals surface area contributed by atoms with Gasteiger partial charge in [0.15, 0.2) is 4.80 Å². The minimum Gasteiger partial charge on any atom is -0.496 e. The van der Waals surface area contributed by atoms with Crippen molar-refractivity contribution in [2.45, 2.75) is 32.9 Å². The molecule has 1 aromatic heterocycles. The van der Waals surface area contributed by atoms with Gasteiger partial charge in [-0.2, -0.15) is 0 Å². The third kappa shape index (κ3) is 4.86. The van der Waals surface area contributed by atoms with E-state index in [1.54, 1.807) is 25.1 Å². The summed E-state index contributed by atoms with van der Waals surface area (Å²) in [7, 11) is 2.83. The van der Waals surface area contributed by atoms with E-state index in [2.05, 4.69) is 4.99 Å². The number of esters is 1. The Morgan fingerprint density at radius 1 is 1.10 bits per heavy atom. The number of halogens is 1. The number of fused-ring (bicyclic) bond motifs is 2. The molecule has 0 radical (unpaired) electrons. The second-order valence-corrected chi connectivity index (χ2v) is 10.8. The average molecular weight is 563 g/mol. The third-order valence-corrected chi connectivity index (χ3v) is 7.70. The number of hydrogen-bond donors (Lipinski definition) is 0. The molecule has 0 amide bonds. The zero-order chi connectivity index (χ0) is 27.8. The molecule has 2 heterocycles. The van der Waals surface area contributed by atoms with Crippen molar-refractivity contribution in [2.75, 3.05) is 14.2 Å². The number of carbonyl (C=O) groups excluding carboxylic acids is 1. The van der Waals surface area contributed by atoms with Crippen LogP contribution in [0.15, 0.2) is 75.7 Å². The van der Waals surface area contributed by atoms with Gasteiger partial charge in [-0.3, -0.25) is 9.36 Å². The van der Waals surface area contributed by atoms with Gasteiger partial charge in [-0.15, -0.1) is 0 Å². The van der Waals surface area contributed by atoms with Gasteiger partial charge in [-0.05, 0) is 61.9 Å². The number of methoxy groups -OCH3 is 2. The van der Waals surface area contributed by atoms with Crippen LogP contribution < -0.4 is 24.4 Å². The van der Waals surface area contributed by atoms with Crippen LogP contribution >= 0.6 is 22.9 Å². The van der Waals surface area contributed by atoms with Crippen LogP contribution in [0.2, 0.25) is 5.02 Å². The zero-order valence-electron chi connectivity index (χ0n) is 22.2. The van der Waals surface area contributed by atoms with Crippen molar-refractivity contribution in [1.29, 1.82) is 0 Å². The highest BCUT2D eigenvalue weighted by Gasteiger charge is 2.35. The van der Waals surface area contributed by atoms with E-state index in [0.717, 1.165) is 16.3 Å². The van der Waals surface area contributed by atoms with Gasteiger partial charge in [0.25, 0.3) is 5.56 Å². The molecule has 1 aliphatic rings. The molecular formula is C30H27ClN2O5S. The van der Waals surface area contributed by atoms with Gasteiger partial charge in [0.2, 0.25) is 0 Å². The van der Waals surface area contributed by atoms with Crippen LogP contribution in [0.5, 0.6) is 11.5 Å². The Bertz CT molecular complexity index is 1820. The standard InChI is InChI=1S/C30H27ClN2O5S/c1-16(2)38-24-12-10-18-8-6-7-9-20(18)21(24)15-25-28(34)33-27(22-14-19(31)11-13-23(22)36-4)26(29(35)37-5)17(3)32-30(33)39-25/h6-16,27H,1-5H3/b25-15-/t27-/m0/s1. The number of hydrogen-bond acceptors (Lipinski definition) is 7. The molecule has 0 aliphatic carbocycles. The molecule has 5 rings (SSSR count). The van der Waals surface area contributed by atoms with E-state index < -0.39 is 12.0 Å². The van der Waals surface area contributed by atoms with Gasteiger partial charge in [0, 0.05) is 16.1 Å². The Morgan fingerprint density at radius 3 is 2.56 bits per heavy atom.